The van der Waals surface area contributed by atoms with Gasteiger partial charge in [0.25, 0.3) is 10.0 Å². The van der Waals surface area contributed by atoms with Crippen LogP contribution in [-0.2, 0) is 21.2 Å². The number of nitrogens with zero attached hydrogens (tertiary/aromatic N) is 2. The largest absolute Gasteiger partial charge is 0.481 e. The molecule has 0 radical (unpaired) electrons. The fourth-order valence-corrected chi connectivity index (χ4v) is 5.13. The SMILES string of the molecule is CCc1ccc(S(=O)(=O)N2CCN(CCC(=O)O)CC2)s1. The van der Waals surface area contributed by atoms with Crippen LogP contribution < -0.4 is 0 Å². The van der Waals surface area contributed by atoms with Crippen LogP contribution in [0.2, 0.25) is 0 Å². The molecule has 1 aliphatic heterocycles. The lowest BCUT2D eigenvalue weighted by atomic mass is 10.3. The zero-order chi connectivity index (χ0) is 15.5. The minimum absolute atomic E-state index is 0.0948. The third kappa shape index (κ3) is 4.03. The van der Waals surface area contributed by atoms with Gasteiger partial charge in [0.05, 0.1) is 6.42 Å². The second kappa shape index (κ2) is 6.87. The molecule has 0 amide bonds. The molecule has 1 fully saturated rings. The molecule has 0 unspecified atom stereocenters. The quantitative estimate of drug-likeness (QED) is 0.844. The molecule has 1 saturated heterocycles. The first kappa shape index (κ1) is 16.4. The number of hydrogen-bond donors (Lipinski definition) is 1. The zero-order valence-corrected chi connectivity index (χ0v) is 13.6. The number of carboxylic acid groups (broad SMARTS) is 1. The minimum atomic E-state index is -3.40. The lowest BCUT2D eigenvalue weighted by Gasteiger charge is -2.33. The van der Waals surface area contributed by atoms with Gasteiger partial charge in [0.2, 0.25) is 0 Å². The Hall–Kier alpha value is -0.960. The normalized spacial score (nSPS) is 18.0. The van der Waals surface area contributed by atoms with Crippen LogP contribution in [0.4, 0.5) is 0 Å². The number of hydrogen-bond acceptors (Lipinski definition) is 5. The molecule has 1 N–H and O–H groups in total. The van der Waals surface area contributed by atoms with Crippen molar-refractivity contribution in [1.29, 1.82) is 0 Å². The number of carboxylic acids is 1. The second-order valence-electron chi connectivity index (χ2n) is 4.96. The van der Waals surface area contributed by atoms with E-state index in [-0.39, 0.29) is 6.42 Å². The summed E-state index contributed by atoms with van der Waals surface area (Å²) < 4.78 is 26.9. The Morgan fingerprint density at radius 2 is 1.95 bits per heavy atom. The van der Waals surface area contributed by atoms with Crippen LogP contribution in [0, 0.1) is 0 Å². The van der Waals surface area contributed by atoms with Crippen molar-refractivity contribution >= 4 is 27.3 Å². The summed E-state index contributed by atoms with van der Waals surface area (Å²) in [5.74, 6) is -0.823. The monoisotopic (exact) mass is 332 g/mol. The first-order chi connectivity index (χ1) is 9.93. The van der Waals surface area contributed by atoms with Gasteiger partial charge in [-0.05, 0) is 18.6 Å². The lowest BCUT2D eigenvalue weighted by Crippen LogP contribution is -2.48. The summed E-state index contributed by atoms with van der Waals surface area (Å²) in [7, 11) is -3.40. The highest BCUT2D eigenvalue weighted by atomic mass is 32.2. The number of piperazine rings is 1. The topological polar surface area (TPSA) is 77.9 Å². The Balaban J connectivity index is 1.96. The highest BCUT2D eigenvalue weighted by Gasteiger charge is 2.29. The van der Waals surface area contributed by atoms with Crippen LogP contribution in [0.1, 0.15) is 18.2 Å². The molecule has 1 aromatic heterocycles. The van der Waals surface area contributed by atoms with E-state index < -0.39 is 16.0 Å². The summed E-state index contributed by atoms with van der Waals surface area (Å²) in [6.07, 6.45) is 0.931. The van der Waals surface area contributed by atoms with Gasteiger partial charge in [-0.1, -0.05) is 6.92 Å². The van der Waals surface area contributed by atoms with Gasteiger partial charge >= 0.3 is 5.97 Å². The first-order valence-electron chi connectivity index (χ1n) is 6.96. The number of sulfonamides is 1. The van der Waals surface area contributed by atoms with Crippen LogP contribution in [0.15, 0.2) is 16.3 Å². The van der Waals surface area contributed by atoms with Gasteiger partial charge in [-0.3, -0.25) is 4.79 Å². The molecular formula is C13H20N2O4S2. The average molecular weight is 332 g/mol. The summed E-state index contributed by atoms with van der Waals surface area (Å²) in [5, 5.41) is 8.67. The standard InChI is InChI=1S/C13H20N2O4S2/c1-2-11-3-4-13(20-11)21(18,19)15-9-7-14(8-10-15)6-5-12(16)17/h3-4H,2,5-10H2,1H3,(H,16,17). The molecule has 1 aliphatic rings. The van der Waals surface area contributed by atoms with Crippen molar-refractivity contribution in [2.45, 2.75) is 24.0 Å². The van der Waals surface area contributed by atoms with Crippen LogP contribution in [0.3, 0.4) is 0 Å². The fourth-order valence-electron chi connectivity index (χ4n) is 2.26. The van der Waals surface area contributed by atoms with Crippen molar-refractivity contribution in [2.75, 3.05) is 32.7 Å². The van der Waals surface area contributed by atoms with E-state index in [1.54, 1.807) is 6.07 Å². The van der Waals surface area contributed by atoms with E-state index >= 15 is 0 Å². The molecule has 0 aliphatic carbocycles. The van der Waals surface area contributed by atoms with Gasteiger partial charge in [0, 0.05) is 37.6 Å². The number of aryl methyl sites for hydroxylation is 1. The van der Waals surface area contributed by atoms with Crippen LogP contribution in [0.5, 0.6) is 0 Å². The van der Waals surface area contributed by atoms with Crippen molar-refractivity contribution in [3.05, 3.63) is 17.0 Å². The summed E-state index contributed by atoms with van der Waals surface area (Å²) in [6.45, 7) is 4.48. The second-order valence-corrected chi connectivity index (χ2v) is 8.30. The van der Waals surface area contributed by atoms with E-state index in [1.807, 2.05) is 17.9 Å². The molecule has 0 bridgehead atoms. The van der Waals surface area contributed by atoms with Crippen molar-refractivity contribution in [1.82, 2.24) is 9.21 Å². The number of thiophene rings is 1. The Bertz CT molecular complexity index is 589. The molecule has 0 atom stereocenters. The Kier molecular flexibility index (Phi) is 5.37. The van der Waals surface area contributed by atoms with Crippen molar-refractivity contribution in [2.24, 2.45) is 0 Å². The molecule has 2 rings (SSSR count). The predicted octanol–water partition coefficient (Wildman–Crippen LogP) is 1.09. The fraction of sp³-hybridized carbons (Fsp3) is 0.615. The molecule has 0 spiro atoms. The summed E-state index contributed by atoms with van der Waals surface area (Å²) in [5.41, 5.74) is 0. The molecule has 2 heterocycles. The van der Waals surface area contributed by atoms with E-state index in [1.165, 1.54) is 15.6 Å². The molecular weight excluding hydrogens is 312 g/mol. The molecule has 118 valence electrons. The molecule has 21 heavy (non-hydrogen) atoms. The van der Waals surface area contributed by atoms with Crippen LogP contribution in [0.25, 0.3) is 0 Å². The maximum absolute atomic E-state index is 12.5. The average Bonchev–Trinajstić information content (AvgIpc) is 2.95. The van der Waals surface area contributed by atoms with Gasteiger partial charge in [-0.15, -0.1) is 11.3 Å². The third-order valence-electron chi connectivity index (χ3n) is 3.55. The highest BCUT2D eigenvalue weighted by Crippen LogP contribution is 2.25. The summed E-state index contributed by atoms with van der Waals surface area (Å²) in [6, 6.07) is 3.54. The maximum atomic E-state index is 12.5. The molecule has 1 aromatic rings. The van der Waals surface area contributed by atoms with Crippen LogP contribution >= 0.6 is 11.3 Å². The molecule has 8 heteroatoms. The van der Waals surface area contributed by atoms with Gasteiger partial charge in [0.15, 0.2) is 0 Å². The van der Waals surface area contributed by atoms with E-state index in [4.69, 9.17) is 5.11 Å². The van der Waals surface area contributed by atoms with E-state index in [9.17, 15) is 13.2 Å². The first-order valence-corrected chi connectivity index (χ1v) is 9.22. The van der Waals surface area contributed by atoms with Gasteiger partial charge in [-0.25, -0.2) is 8.42 Å². The summed E-state index contributed by atoms with van der Waals surface area (Å²) >= 11 is 1.33. The highest BCUT2D eigenvalue weighted by molar-refractivity contribution is 7.91. The smallest absolute Gasteiger partial charge is 0.304 e. The third-order valence-corrected chi connectivity index (χ3v) is 7.15. The number of aliphatic carboxylic acids is 1. The van der Waals surface area contributed by atoms with E-state index in [2.05, 4.69) is 0 Å². The lowest BCUT2D eigenvalue weighted by molar-refractivity contribution is -0.137. The number of carbonyl (C=O) groups is 1. The van der Waals surface area contributed by atoms with Gasteiger partial charge in [0.1, 0.15) is 4.21 Å². The van der Waals surface area contributed by atoms with Crippen molar-refractivity contribution in [3.8, 4) is 0 Å². The Labute approximate surface area is 129 Å². The molecule has 0 aromatic carbocycles. The zero-order valence-electron chi connectivity index (χ0n) is 12.0. The Morgan fingerprint density at radius 1 is 1.29 bits per heavy atom. The van der Waals surface area contributed by atoms with Crippen molar-refractivity contribution in [3.63, 3.8) is 0 Å². The Morgan fingerprint density at radius 3 is 2.48 bits per heavy atom. The molecule has 6 nitrogen and oxygen atoms in total. The summed E-state index contributed by atoms with van der Waals surface area (Å²) in [4.78, 5) is 13.6. The van der Waals surface area contributed by atoms with Gasteiger partial charge < -0.3 is 10.0 Å². The van der Waals surface area contributed by atoms with E-state index in [0.29, 0.717) is 36.9 Å². The maximum Gasteiger partial charge on any atom is 0.304 e. The van der Waals surface area contributed by atoms with Crippen LogP contribution in [-0.4, -0.2) is 61.4 Å². The molecule has 0 saturated carbocycles. The van der Waals surface area contributed by atoms with Crippen molar-refractivity contribution < 1.29 is 18.3 Å². The number of rotatable bonds is 6. The predicted molar refractivity (Wildman–Crippen MR) is 81.1 cm³/mol. The van der Waals surface area contributed by atoms with Gasteiger partial charge in [-0.2, -0.15) is 4.31 Å². The minimum Gasteiger partial charge on any atom is -0.481 e. The van der Waals surface area contributed by atoms with E-state index in [0.717, 1.165) is 11.3 Å².